The maximum atomic E-state index is 13.3. The normalized spacial score (nSPS) is 20.2. The number of carboxylic acids is 1. The summed E-state index contributed by atoms with van der Waals surface area (Å²) in [7, 11) is 3.67. The van der Waals surface area contributed by atoms with Gasteiger partial charge in [-0.05, 0) is 56.1 Å². The van der Waals surface area contributed by atoms with Gasteiger partial charge in [0.2, 0.25) is 5.91 Å². The Morgan fingerprint density at radius 2 is 1.69 bits per heavy atom. The summed E-state index contributed by atoms with van der Waals surface area (Å²) < 4.78 is 5.65. The quantitative estimate of drug-likeness (QED) is 0.633. The maximum absolute atomic E-state index is 13.3. The van der Waals surface area contributed by atoms with Crippen molar-refractivity contribution in [2.24, 2.45) is 5.92 Å². The number of hydrogen-bond acceptors (Lipinski definition) is 5. The lowest BCUT2D eigenvalue weighted by molar-refractivity contribution is -0.148. The van der Waals surface area contributed by atoms with Crippen molar-refractivity contribution in [1.29, 1.82) is 0 Å². The van der Waals surface area contributed by atoms with Crippen molar-refractivity contribution >= 4 is 18.0 Å². The molecule has 35 heavy (non-hydrogen) atoms. The summed E-state index contributed by atoms with van der Waals surface area (Å²) >= 11 is 0. The lowest BCUT2D eigenvalue weighted by atomic mass is 9.91. The molecule has 1 saturated heterocycles. The maximum Gasteiger partial charge on any atom is 0.407 e. The average Bonchev–Trinajstić information content (AvgIpc) is 3.15. The summed E-state index contributed by atoms with van der Waals surface area (Å²) in [6.45, 7) is 2.69. The highest BCUT2D eigenvalue weighted by Crippen LogP contribution is 2.44. The van der Waals surface area contributed by atoms with E-state index in [1.54, 1.807) is 4.90 Å². The van der Waals surface area contributed by atoms with E-state index >= 15 is 0 Å². The smallest absolute Gasteiger partial charge is 0.407 e. The van der Waals surface area contributed by atoms with Crippen LogP contribution in [-0.4, -0.2) is 78.8 Å². The molecule has 1 fully saturated rings. The largest absolute Gasteiger partial charge is 0.481 e. The van der Waals surface area contributed by atoms with Crippen molar-refractivity contribution in [2.45, 2.75) is 37.8 Å². The number of carbonyl (C=O) groups excluding carboxylic acids is 2. The first kappa shape index (κ1) is 24.7. The van der Waals surface area contributed by atoms with Crippen LogP contribution >= 0.6 is 0 Å². The van der Waals surface area contributed by atoms with Gasteiger partial charge in [-0.2, -0.15) is 0 Å². The Morgan fingerprint density at radius 1 is 1.09 bits per heavy atom. The zero-order valence-electron chi connectivity index (χ0n) is 20.4. The minimum Gasteiger partial charge on any atom is -0.481 e. The summed E-state index contributed by atoms with van der Waals surface area (Å²) in [5, 5.41) is 12.1. The molecule has 8 heteroatoms. The molecular weight excluding hydrogens is 446 g/mol. The number of alkyl carbamates (subject to hydrolysis) is 1. The molecule has 0 aromatic heterocycles. The Balaban J connectivity index is 1.42. The zero-order valence-corrected chi connectivity index (χ0v) is 20.4. The van der Waals surface area contributed by atoms with Crippen molar-refractivity contribution in [1.82, 2.24) is 15.1 Å². The molecule has 1 heterocycles. The lowest BCUT2D eigenvalue weighted by Gasteiger charge is -2.38. The molecule has 2 amide bonds. The molecule has 2 aromatic carbocycles. The van der Waals surface area contributed by atoms with E-state index in [0.29, 0.717) is 25.9 Å². The number of ether oxygens (including phenoxy) is 1. The van der Waals surface area contributed by atoms with Crippen molar-refractivity contribution in [3.63, 3.8) is 0 Å². The third-order valence-electron chi connectivity index (χ3n) is 6.99. The zero-order chi connectivity index (χ0) is 25.1. The predicted octanol–water partition coefficient (Wildman–Crippen LogP) is 3.17. The number of likely N-dealkylation sites (tertiary alicyclic amines) is 1. The number of piperidine rings is 1. The number of benzene rings is 2. The highest BCUT2D eigenvalue weighted by Gasteiger charge is 2.36. The van der Waals surface area contributed by atoms with Crippen LogP contribution in [0.25, 0.3) is 11.1 Å². The molecule has 186 valence electrons. The van der Waals surface area contributed by atoms with E-state index in [4.69, 9.17) is 4.74 Å². The summed E-state index contributed by atoms with van der Waals surface area (Å²) in [5.74, 6) is -1.56. The fourth-order valence-corrected chi connectivity index (χ4v) is 5.26. The number of fused-ring (bicyclic) bond motifs is 3. The molecule has 1 aliphatic heterocycles. The van der Waals surface area contributed by atoms with Crippen LogP contribution in [-0.2, 0) is 14.3 Å². The van der Waals surface area contributed by atoms with E-state index in [1.165, 1.54) is 0 Å². The first-order valence-electron chi connectivity index (χ1n) is 12.1. The van der Waals surface area contributed by atoms with Crippen LogP contribution in [0.2, 0.25) is 0 Å². The molecule has 0 radical (unpaired) electrons. The van der Waals surface area contributed by atoms with E-state index in [-0.39, 0.29) is 24.5 Å². The molecule has 3 atom stereocenters. The third kappa shape index (κ3) is 5.32. The van der Waals surface area contributed by atoms with Crippen molar-refractivity contribution in [3.8, 4) is 11.1 Å². The lowest BCUT2D eigenvalue weighted by Crippen LogP contribution is -2.57. The van der Waals surface area contributed by atoms with Crippen LogP contribution in [0, 0.1) is 5.92 Å². The van der Waals surface area contributed by atoms with Crippen molar-refractivity contribution < 1.29 is 24.2 Å². The summed E-state index contributed by atoms with van der Waals surface area (Å²) in [5.41, 5.74) is 4.54. The molecule has 0 saturated carbocycles. The van der Waals surface area contributed by atoms with Gasteiger partial charge in [0.15, 0.2) is 0 Å². The highest BCUT2D eigenvalue weighted by atomic mass is 16.5. The number of hydrogen-bond donors (Lipinski definition) is 2. The number of rotatable bonds is 7. The van der Waals surface area contributed by atoms with Crippen LogP contribution < -0.4 is 5.32 Å². The molecule has 0 bridgehead atoms. The second kappa shape index (κ2) is 10.5. The predicted molar refractivity (Wildman–Crippen MR) is 132 cm³/mol. The molecule has 2 aromatic rings. The second-order valence-electron chi connectivity index (χ2n) is 9.72. The number of amides is 2. The molecule has 4 rings (SSSR count). The van der Waals surface area contributed by atoms with Gasteiger partial charge >= 0.3 is 12.1 Å². The van der Waals surface area contributed by atoms with Gasteiger partial charge in [-0.1, -0.05) is 48.5 Å². The van der Waals surface area contributed by atoms with Gasteiger partial charge in [-0.15, -0.1) is 0 Å². The number of nitrogens with one attached hydrogen (secondary N) is 1. The minimum absolute atomic E-state index is 0.0637. The molecule has 2 aliphatic rings. The SMILES string of the molecule is C[C@H]1C[C@@H](C(=O)O)CCN1C(=O)C(CN(C)C)NC(=O)OCC1c2ccccc2-c2ccccc21. The van der Waals surface area contributed by atoms with Crippen molar-refractivity contribution in [3.05, 3.63) is 59.7 Å². The Bertz CT molecular complexity index is 1060. The molecule has 0 spiro atoms. The van der Waals surface area contributed by atoms with Crippen LogP contribution in [0.1, 0.15) is 36.8 Å². The Morgan fingerprint density at radius 3 is 2.23 bits per heavy atom. The first-order valence-corrected chi connectivity index (χ1v) is 12.1. The average molecular weight is 480 g/mol. The first-order chi connectivity index (χ1) is 16.8. The number of nitrogens with zero attached hydrogens (tertiary/aromatic N) is 2. The highest BCUT2D eigenvalue weighted by molar-refractivity contribution is 5.86. The van der Waals surface area contributed by atoms with Crippen molar-refractivity contribution in [2.75, 3.05) is 33.8 Å². The van der Waals surface area contributed by atoms with Crippen LogP contribution in [0.3, 0.4) is 0 Å². The van der Waals surface area contributed by atoms with Gasteiger partial charge in [0.1, 0.15) is 12.6 Å². The van der Waals surface area contributed by atoms with Gasteiger partial charge in [0, 0.05) is 25.0 Å². The fraction of sp³-hybridized carbons (Fsp3) is 0.444. The number of likely N-dealkylation sites (N-methyl/N-ethyl adjacent to an activating group) is 1. The van der Waals surface area contributed by atoms with E-state index in [2.05, 4.69) is 29.6 Å². The topological polar surface area (TPSA) is 99.2 Å². The minimum atomic E-state index is -0.828. The van der Waals surface area contributed by atoms with Gasteiger partial charge in [-0.25, -0.2) is 4.79 Å². The third-order valence-corrected chi connectivity index (χ3v) is 6.99. The van der Waals surface area contributed by atoms with Crippen LogP contribution in [0.5, 0.6) is 0 Å². The van der Waals surface area contributed by atoms with E-state index in [9.17, 15) is 19.5 Å². The van der Waals surface area contributed by atoms with Gasteiger partial charge < -0.3 is 25.0 Å². The van der Waals surface area contributed by atoms with E-state index < -0.39 is 24.0 Å². The summed E-state index contributed by atoms with van der Waals surface area (Å²) in [4.78, 5) is 41.0. The monoisotopic (exact) mass is 479 g/mol. The van der Waals surface area contributed by atoms with Gasteiger partial charge in [-0.3, -0.25) is 9.59 Å². The summed E-state index contributed by atoms with van der Waals surface area (Å²) in [6.07, 6.45) is 0.172. The second-order valence-corrected chi connectivity index (χ2v) is 9.72. The van der Waals surface area contributed by atoms with E-state index in [1.807, 2.05) is 50.2 Å². The molecular formula is C27H33N3O5. The fourth-order valence-electron chi connectivity index (χ4n) is 5.26. The van der Waals surface area contributed by atoms with Crippen LogP contribution in [0.4, 0.5) is 4.79 Å². The Kier molecular flexibility index (Phi) is 7.40. The number of carboxylic acid groups (broad SMARTS) is 1. The molecule has 1 unspecified atom stereocenters. The molecule has 2 N–H and O–H groups in total. The van der Waals surface area contributed by atoms with Crippen LogP contribution in [0.15, 0.2) is 48.5 Å². The van der Waals surface area contributed by atoms with E-state index in [0.717, 1.165) is 22.3 Å². The standard InChI is InChI=1S/C27H33N3O5/c1-17-14-18(26(32)33)12-13-30(17)25(31)24(15-29(2)3)28-27(34)35-16-23-21-10-6-4-8-19(21)20-9-5-7-11-22(20)23/h4-11,17-18,23-24H,12-16H2,1-3H3,(H,28,34)(H,32,33)/t17-,18-,24?/m0/s1. The van der Waals surface area contributed by atoms with Gasteiger partial charge in [0.25, 0.3) is 0 Å². The molecule has 8 nitrogen and oxygen atoms in total. The van der Waals surface area contributed by atoms with Gasteiger partial charge in [0.05, 0.1) is 5.92 Å². The number of aliphatic carboxylic acids is 1. The summed E-state index contributed by atoms with van der Waals surface area (Å²) in [6, 6.07) is 15.2. The number of carbonyl (C=O) groups is 3. The molecule has 1 aliphatic carbocycles. The Labute approximate surface area is 205 Å². The Hall–Kier alpha value is -3.39.